The molecule has 240 valence electrons. The fourth-order valence-electron chi connectivity index (χ4n) is 9.82. The summed E-state index contributed by atoms with van der Waals surface area (Å²) in [5.74, 6) is 0. The maximum atomic E-state index is 2.48. The Kier molecular flexibility index (Phi) is 5.71. The molecule has 0 unspecified atom stereocenters. The molecule has 0 nitrogen and oxygen atoms in total. The van der Waals surface area contributed by atoms with E-state index in [1.165, 1.54) is 121 Å². The zero-order valence-corrected chi connectivity index (χ0v) is 28.6. The maximum Gasteiger partial charge on any atom is -0.00199 e. The van der Waals surface area contributed by atoms with Crippen molar-refractivity contribution in [3.8, 4) is 66.8 Å². The van der Waals surface area contributed by atoms with Crippen molar-refractivity contribution in [3.63, 3.8) is 0 Å². The van der Waals surface area contributed by atoms with Gasteiger partial charge in [-0.05, 0) is 140 Å². The highest BCUT2D eigenvalue weighted by atomic mass is 14.3. The van der Waals surface area contributed by atoms with E-state index < -0.39 is 0 Å². The molecule has 0 saturated carbocycles. The molecule has 0 heteroatoms. The third kappa shape index (κ3) is 3.71. The molecule has 0 heterocycles. The van der Waals surface area contributed by atoms with E-state index in [0.717, 1.165) is 12.8 Å². The van der Waals surface area contributed by atoms with Gasteiger partial charge in [0.2, 0.25) is 0 Å². The molecule has 3 aliphatic carbocycles. The molecule has 9 aromatic rings. The number of hydrogen-bond acceptors (Lipinski definition) is 0. The minimum atomic E-state index is 1.08. The minimum absolute atomic E-state index is 1.08. The smallest absolute Gasteiger partial charge is 0.00199 e. The van der Waals surface area contributed by atoms with Crippen LogP contribution in [0.5, 0.6) is 0 Å². The van der Waals surface area contributed by atoms with Crippen LogP contribution in [0.1, 0.15) is 18.4 Å². The molecule has 12 rings (SSSR count). The molecule has 0 fully saturated rings. The highest BCUT2D eigenvalue weighted by Crippen LogP contribution is 2.54. The SMILES string of the molecule is C1=CC(c2ccc3c(-c4ccc5c6c(cccc46)-c4ccccc4-5)c4ccccc4c(-c4ccc5c6c(cccc46)-c4ccccc4-5)c3c2)=CCC1. The summed E-state index contributed by atoms with van der Waals surface area (Å²) in [6.45, 7) is 0. The molecule has 0 radical (unpaired) electrons. The molecule has 0 N–H and O–H groups in total. The first kappa shape index (κ1) is 28.2. The van der Waals surface area contributed by atoms with Gasteiger partial charge in [0.15, 0.2) is 0 Å². The van der Waals surface area contributed by atoms with E-state index in [0.29, 0.717) is 0 Å². The van der Waals surface area contributed by atoms with Gasteiger partial charge >= 0.3 is 0 Å². The average molecular weight is 657 g/mol. The summed E-state index contributed by atoms with van der Waals surface area (Å²) in [6.07, 6.45) is 9.22. The van der Waals surface area contributed by atoms with E-state index in [1.807, 2.05) is 0 Å². The quantitative estimate of drug-likeness (QED) is 0.166. The second-order valence-electron chi connectivity index (χ2n) is 14.6. The lowest BCUT2D eigenvalue weighted by atomic mass is 9.82. The molecule has 0 aliphatic heterocycles. The van der Waals surface area contributed by atoms with Crippen molar-refractivity contribution in [1.29, 1.82) is 0 Å². The van der Waals surface area contributed by atoms with Crippen molar-refractivity contribution in [2.24, 2.45) is 0 Å². The first-order valence-electron chi connectivity index (χ1n) is 18.5. The molecule has 0 aromatic heterocycles. The largest absolute Gasteiger partial charge is 0.0836 e. The predicted octanol–water partition coefficient (Wildman–Crippen LogP) is 14.7. The van der Waals surface area contributed by atoms with Crippen molar-refractivity contribution in [3.05, 3.63) is 175 Å². The molecular weight excluding hydrogens is 625 g/mol. The first-order valence-corrected chi connectivity index (χ1v) is 18.5. The van der Waals surface area contributed by atoms with Crippen LogP contribution in [-0.4, -0.2) is 0 Å². The van der Waals surface area contributed by atoms with Gasteiger partial charge in [0.05, 0.1) is 0 Å². The molecule has 9 aromatic carbocycles. The van der Waals surface area contributed by atoms with Crippen LogP contribution in [0, 0.1) is 0 Å². The summed E-state index contributed by atoms with van der Waals surface area (Å²) >= 11 is 0. The Morgan fingerprint density at radius 1 is 0.308 bits per heavy atom. The van der Waals surface area contributed by atoms with Crippen molar-refractivity contribution in [2.75, 3.05) is 0 Å². The number of benzene rings is 9. The van der Waals surface area contributed by atoms with Crippen molar-refractivity contribution in [2.45, 2.75) is 12.8 Å². The summed E-state index contributed by atoms with van der Waals surface area (Å²) in [4.78, 5) is 0. The van der Waals surface area contributed by atoms with Gasteiger partial charge in [0.25, 0.3) is 0 Å². The lowest BCUT2D eigenvalue weighted by Crippen LogP contribution is -1.94. The van der Waals surface area contributed by atoms with Crippen molar-refractivity contribution in [1.82, 2.24) is 0 Å². The summed E-state index contributed by atoms with van der Waals surface area (Å²) in [7, 11) is 0. The Hall–Kier alpha value is -6.50. The highest BCUT2D eigenvalue weighted by molar-refractivity contribution is 6.29. The van der Waals surface area contributed by atoms with Crippen LogP contribution >= 0.6 is 0 Å². The van der Waals surface area contributed by atoms with Crippen LogP contribution < -0.4 is 0 Å². The van der Waals surface area contributed by atoms with Gasteiger partial charge in [-0.3, -0.25) is 0 Å². The fourth-order valence-corrected chi connectivity index (χ4v) is 9.82. The summed E-state index contributed by atoms with van der Waals surface area (Å²) < 4.78 is 0. The Balaban J connectivity index is 1.22. The van der Waals surface area contributed by atoms with Crippen LogP contribution in [0.3, 0.4) is 0 Å². The van der Waals surface area contributed by atoms with Crippen LogP contribution in [0.2, 0.25) is 0 Å². The highest BCUT2D eigenvalue weighted by Gasteiger charge is 2.27. The second-order valence-corrected chi connectivity index (χ2v) is 14.6. The molecule has 0 amide bonds. The zero-order chi connectivity index (χ0) is 33.9. The predicted molar refractivity (Wildman–Crippen MR) is 223 cm³/mol. The lowest BCUT2D eigenvalue weighted by Gasteiger charge is -2.21. The molecule has 0 atom stereocenters. The van der Waals surface area contributed by atoms with Gasteiger partial charge in [-0.1, -0.05) is 164 Å². The number of rotatable bonds is 3. The van der Waals surface area contributed by atoms with E-state index in [9.17, 15) is 0 Å². The molecular formula is C52H32. The standard InChI is InChI=1S/C52H32/c1-2-12-31(13-3-1)32-24-25-47-48(30-32)52(46-29-27-44-36-17-7-5-15-34(36)38-21-11-23-42(46)50(38)44)40-19-9-8-18-39(40)51(47)45-28-26-43-35-16-6-4-14-33(35)37-20-10-22-41(45)49(37)43/h2,4-30H,1,3H2. The van der Waals surface area contributed by atoms with E-state index in [2.05, 4.69) is 170 Å². The summed E-state index contributed by atoms with van der Waals surface area (Å²) in [6, 6.07) is 57.4. The topological polar surface area (TPSA) is 0 Å². The van der Waals surface area contributed by atoms with Crippen LogP contribution in [0.25, 0.3) is 115 Å². The third-order valence-corrected chi connectivity index (χ3v) is 12.0. The van der Waals surface area contributed by atoms with Crippen LogP contribution in [-0.2, 0) is 0 Å². The number of fused-ring (bicyclic) bond motifs is 8. The third-order valence-electron chi connectivity index (χ3n) is 12.0. The Bertz CT molecular complexity index is 3050. The average Bonchev–Trinajstić information content (AvgIpc) is 3.72. The number of hydrogen-bond donors (Lipinski definition) is 0. The normalized spacial score (nSPS) is 13.7. The molecule has 52 heavy (non-hydrogen) atoms. The van der Waals surface area contributed by atoms with Crippen molar-refractivity contribution >= 4 is 48.7 Å². The van der Waals surface area contributed by atoms with E-state index in [1.54, 1.807) is 0 Å². The maximum absolute atomic E-state index is 2.48. The van der Waals surface area contributed by atoms with Gasteiger partial charge in [0.1, 0.15) is 0 Å². The summed E-state index contributed by atoms with van der Waals surface area (Å²) in [5, 5.41) is 10.5. The van der Waals surface area contributed by atoms with E-state index in [-0.39, 0.29) is 0 Å². The monoisotopic (exact) mass is 656 g/mol. The van der Waals surface area contributed by atoms with E-state index >= 15 is 0 Å². The van der Waals surface area contributed by atoms with Gasteiger partial charge in [-0.2, -0.15) is 0 Å². The minimum Gasteiger partial charge on any atom is -0.0836 e. The zero-order valence-electron chi connectivity index (χ0n) is 28.6. The molecule has 0 spiro atoms. The summed E-state index contributed by atoms with van der Waals surface area (Å²) in [5.41, 5.74) is 18.5. The number of allylic oxidation sites excluding steroid dienone is 4. The molecule has 3 aliphatic rings. The van der Waals surface area contributed by atoms with Gasteiger partial charge in [-0.25, -0.2) is 0 Å². The fraction of sp³-hybridized carbons (Fsp3) is 0.0385. The van der Waals surface area contributed by atoms with Gasteiger partial charge < -0.3 is 0 Å². The Morgan fingerprint density at radius 3 is 1.29 bits per heavy atom. The molecule has 0 saturated heterocycles. The van der Waals surface area contributed by atoms with Crippen LogP contribution in [0.4, 0.5) is 0 Å². The second kappa shape index (κ2) is 10.5. The molecule has 0 bridgehead atoms. The van der Waals surface area contributed by atoms with Crippen molar-refractivity contribution < 1.29 is 0 Å². The Morgan fingerprint density at radius 2 is 0.750 bits per heavy atom. The van der Waals surface area contributed by atoms with Crippen LogP contribution in [0.15, 0.2) is 170 Å². The lowest BCUT2D eigenvalue weighted by molar-refractivity contribution is 1.04. The Labute approximate surface area is 302 Å². The van der Waals surface area contributed by atoms with Gasteiger partial charge in [-0.15, -0.1) is 0 Å². The van der Waals surface area contributed by atoms with Gasteiger partial charge in [0, 0.05) is 0 Å². The van der Waals surface area contributed by atoms with E-state index in [4.69, 9.17) is 0 Å². The first-order chi connectivity index (χ1) is 25.8.